The maximum Gasteiger partial charge on any atom is 0.275 e. The molecule has 0 aliphatic rings. The van der Waals surface area contributed by atoms with Crippen LogP contribution in [0.3, 0.4) is 0 Å². The van der Waals surface area contributed by atoms with Gasteiger partial charge in [-0.25, -0.2) is 0 Å². The summed E-state index contributed by atoms with van der Waals surface area (Å²) >= 11 is 0. The minimum absolute atomic E-state index is 0.0733. The Balaban J connectivity index is 2.39. The molecule has 23 heavy (non-hydrogen) atoms. The Kier molecular flexibility index (Phi) is 3.17. The Morgan fingerprint density at radius 3 is 2.52 bits per heavy atom. The van der Waals surface area contributed by atoms with E-state index in [-0.39, 0.29) is 16.8 Å². The molecule has 3 rings (SSSR count). The zero-order valence-electron chi connectivity index (χ0n) is 12.8. The summed E-state index contributed by atoms with van der Waals surface area (Å²) in [5, 5.41) is 14.3. The fourth-order valence-electron chi connectivity index (χ4n) is 2.74. The number of hydrogen-bond donors (Lipinski definition) is 1. The topological polar surface area (TPSA) is 103 Å². The van der Waals surface area contributed by atoms with Crippen molar-refractivity contribution in [3.63, 3.8) is 0 Å². The smallest absolute Gasteiger partial charge is 0.275 e. The molecule has 0 saturated heterocycles. The number of aryl methyl sites for hydroxylation is 3. The summed E-state index contributed by atoms with van der Waals surface area (Å²) in [4.78, 5) is 35.2. The number of hydrogen-bond acceptors (Lipinski definition) is 4. The molecule has 0 aliphatic heterocycles. The highest BCUT2D eigenvalue weighted by Gasteiger charge is 2.17. The summed E-state index contributed by atoms with van der Waals surface area (Å²) in [6.45, 7) is 3.27. The zero-order valence-corrected chi connectivity index (χ0v) is 12.8. The number of pyridine rings is 1. The highest BCUT2D eigenvalue weighted by Crippen LogP contribution is 2.23. The number of fused-ring (bicyclic) bond motifs is 1. The van der Waals surface area contributed by atoms with Crippen molar-refractivity contribution in [2.75, 3.05) is 0 Å². The first-order valence-corrected chi connectivity index (χ1v) is 6.88. The fourth-order valence-corrected chi connectivity index (χ4v) is 2.74. The van der Waals surface area contributed by atoms with Crippen molar-refractivity contribution in [2.24, 2.45) is 7.05 Å². The van der Waals surface area contributed by atoms with Gasteiger partial charge in [0.25, 0.3) is 16.8 Å². The van der Waals surface area contributed by atoms with E-state index < -0.39 is 4.92 Å². The Bertz CT molecular complexity index is 1070. The van der Waals surface area contributed by atoms with E-state index in [0.717, 1.165) is 0 Å². The molecule has 0 saturated carbocycles. The van der Waals surface area contributed by atoms with Crippen molar-refractivity contribution in [2.45, 2.75) is 13.8 Å². The quantitative estimate of drug-likeness (QED) is 0.572. The molecule has 1 aromatic carbocycles. The van der Waals surface area contributed by atoms with E-state index in [0.29, 0.717) is 27.8 Å². The molecule has 2 heterocycles. The summed E-state index contributed by atoms with van der Waals surface area (Å²) in [5.74, 6) is 0. The first-order valence-electron chi connectivity index (χ1n) is 6.88. The fraction of sp³-hybridized carbons (Fsp3) is 0.200. The number of aromatic nitrogens is 3. The number of nitrogens with one attached hydrogen (secondary N) is 1. The summed E-state index contributed by atoms with van der Waals surface area (Å²) < 4.78 is 2.60. The third kappa shape index (κ3) is 2.15. The van der Waals surface area contributed by atoms with Crippen molar-refractivity contribution in [3.8, 4) is 5.69 Å². The SMILES string of the molecule is Cc1ccc(-n2c(C)c3c(=O)n(C)[nH]c3cc2=O)cc1[N+](=O)[O-]. The molecule has 0 fully saturated rings. The molecule has 1 N–H and O–H groups in total. The number of nitro benzene ring substituents is 1. The maximum atomic E-state index is 12.4. The molecule has 0 bridgehead atoms. The molecule has 2 aromatic heterocycles. The third-order valence-corrected chi connectivity index (χ3v) is 3.91. The summed E-state index contributed by atoms with van der Waals surface area (Å²) in [6, 6.07) is 5.86. The van der Waals surface area contributed by atoms with E-state index in [1.807, 2.05) is 0 Å². The molecular formula is C15H14N4O4. The van der Waals surface area contributed by atoms with Crippen LogP contribution in [0.4, 0.5) is 5.69 Å². The van der Waals surface area contributed by atoms with E-state index >= 15 is 0 Å². The number of aromatic amines is 1. The van der Waals surface area contributed by atoms with Crippen molar-refractivity contribution in [3.05, 3.63) is 66.3 Å². The standard InChI is InChI=1S/C15H14N4O4/c1-8-4-5-10(6-12(8)19(22)23)18-9(2)14-11(7-13(18)20)16-17(3)15(14)21/h4-7,16H,1-3H3. The van der Waals surface area contributed by atoms with Gasteiger partial charge < -0.3 is 0 Å². The van der Waals surface area contributed by atoms with Crippen LogP contribution >= 0.6 is 0 Å². The van der Waals surface area contributed by atoms with E-state index in [1.54, 1.807) is 33.0 Å². The lowest BCUT2D eigenvalue weighted by Crippen LogP contribution is -2.21. The lowest BCUT2D eigenvalue weighted by molar-refractivity contribution is -0.385. The zero-order chi connectivity index (χ0) is 16.9. The Morgan fingerprint density at radius 1 is 1.17 bits per heavy atom. The number of rotatable bonds is 2. The lowest BCUT2D eigenvalue weighted by atomic mass is 10.1. The Morgan fingerprint density at radius 2 is 1.87 bits per heavy atom. The molecule has 0 radical (unpaired) electrons. The van der Waals surface area contributed by atoms with Crippen LogP contribution < -0.4 is 11.1 Å². The van der Waals surface area contributed by atoms with Crippen LogP contribution in [0.2, 0.25) is 0 Å². The van der Waals surface area contributed by atoms with Crippen molar-refractivity contribution >= 4 is 16.6 Å². The number of nitrogens with zero attached hydrogens (tertiary/aromatic N) is 3. The molecule has 3 aromatic rings. The van der Waals surface area contributed by atoms with Gasteiger partial charge in [-0.05, 0) is 19.9 Å². The van der Waals surface area contributed by atoms with Gasteiger partial charge in [-0.1, -0.05) is 6.07 Å². The van der Waals surface area contributed by atoms with Crippen LogP contribution in [-0.4, -0.2) is 19.3 Å². The molecular weight excluding hydrogens is 300 g/mol. The van der Waals surface area contributed by atoms with Crippen LogP contribution in [-0.2, 0) is 7.05 Å². The monoisotopic (exact) mass is 314 g/mol. The van der Waals surface area contributed by atoms with Crippen molar-refractivity contribution in [1.29, 1.82) is 0 Å². The second-order valence-corrected chi connectivity index (χ2v) is 5.40. The van der Waals surface area contributed by atoms with Gasteiger partial charge in [0.15, 0.2) is 0 Å². The summed E-state index contributed by atoms with van der Waals surface area (Å²) in [5.41, 5.74) is 1.04. The largest absolute Gasteiger partial charge is 0.295 e. The lowest BCUT2D eigenvalue weighted by Gasteiger charge is -2.10. The Labute approximate surface area is 129 Å². The van der Waals surface area contributed by atoms with Crippen LogP contribution in [0, 0.1) is 24.0 Å². The van der Waals surface area contributed by atoms with Gasteiger partial charge in [-0.3, -0.25) is 34.1 Å². The molecule has 8 heteroatoms. The van der Waals surface area contributed by atoms with Gasteiger partial charge in [-0.15, -0.1) is 0 Å². The van der Waals surface area contributed by atoms with Crippen LogP contribution in [0.1, 0.15) is 11.3 Å². The van der Waals surface area contributed by atoms with Gasteiger partial charge in [0.05, 0.1) is 21.5 Å². The van der Waals surface area contributed by atoms with Gasteiger partial charge in [0.1, 0.15) is 0 Å². The van der Waals surface area contributed by atoms with Crippen LogP contribution in [0.25, 0.3) is 16.6 Å². The molecule has 8 nitrogen and oxygen atoms in total. The average Bonchev–Trinajstić information content (AvgIpc) is 2.75. The average molecular weight is 314 g/mol. The number of nitro groups is 1. The highest BCUT2D eigenvalue weighted by atomic mass is 16.6. The second-order valence-electron chi connectivity index (χ2n) is 5.40. The summed E-state index contributed by atoms with van der Waals surface area (Å²) in [6.07, 6.45) is 0. The number of benzene rings is 1. The van der Waals surface area contributed by atoms with Gasteiger partial charge in [-0.2, -0.15) is 0 Å². The molecule has 0 atom stereocenters. The predicted molar refractivity (Wildman–Crippen MR) is 85.3 cm³/mol. The van der Waals surface area contributed by atoms with E-state index in [9.17, 15) is 19.7 Å². The number of H-pyrrole nitrogens is 1. The minimum Gasteiger partial charge on any atom is -0.295 e. The normalized spacial score (nSPS) is 11.1. The summed E-state index contributed by atoms with van der Waals surface area (Å²) in [7, 11) is 1.56. The second kappa shape index (κ2) is 4.94. The van der Waals surface area contributed by atoms with E-state index in [2.05, 4.69) is 5.10 Å². The van der Waals surface area contributed by atoms with Gasteiger partial charge >= 0.3 is 0 Å². The van der Waals surface area contributed by atoms with Gasteiger partial charge in [0.2, 0.25) is 0 Å². The van der Waals surface area contributed by atoms with E-state index in [4.69, 9.17) is 0 Å². The highest BCUT2D eigenvalue weighted by molar-refractivity contribution is 5.80. The van der Waals surface area contributed by atoms with Crippen molar-refractivity contribution < 1.29 is 4.92 Å². The third-order valence-electron chi connectivity index (χ3n) is 3.91. The van der Waals surface area contributed by atoms with Crippen molar-refractivity contribution in [1.82, 2.24) is 14.3 Å². The van der Waals surface area contributed by atoms with Gasteiger partial charge in [0, 0.05) is 30.4 Å². The molecule has 0 unspecified atom stereocenters. The minimum atomic E-state index is -0.493. The molecule has 0 aliphatic carbocycles. The maximum absolute atomic E-state index is 12.4. The van der Waals surface area contributed by atoms with Crippen LogP contribution in [0.5, 0.6) is 0 Å². The molecule has 0 amide bonds. The first kappa shape index (κ1) is 14.8. The van der Waals surface area contributed by atoms with Crippen LogP contribution in [0.15, 0.2) is 33.9 Å². The Hall–Kier alpha value is -3.16. The molecule has 0 spiro atoms. The van der Waals surface area contributed by atoms with E-state index in [1.165, 1.54) is 21.4 Å². The molecule has 118 valence electrons. The predicted octanol–water partition coefficient (Wildman–Crippen LogP) is 1.54. The first-order chi connectivity index (χ1) is 10.8.